The molecule has 0 aromatic rings. The van der Waals surface area contributed by atoms with E-state index in [4.69, 9.17) is 0 Å². The number of aliphatic carboxylic acids is 1. The Balaban J connectivity index is 3.48. The van der Waals surface area contributed by atoms with Gasteiger partial charge in [0.05, 0.1) is 0 Å². The van der Waals surface area contributed by atoms with Crippen LogP contribution in [0.5, 0.6) is 0 Å². The molecular weight excluding hydrogens is 116 g/mol. The summed E-state index contributed by atoms with van der Waals surface area (Å²) in [4.78, 5) is 9.79. The molecule has 0 radical (unpaired) electrons. The number of carbonyl (C=O) groups excluding carboxylic acids is 1. The minimum absolute atomic E-state index is 0.0349. The van der Waals surface area contributed by atoms with Gasteiger partial charge in [-0.05, 0) is 6.92 Å². The van der Waals surface area contributed by atoms with E-state index in [1.165, 1.54) is 6.08 Å². The van der Waals surface area contributed by atoms with Crippen LogP contribution in [0.4, 0.5) is 0 Å². The second kappa shape index (κ2) is 3.89. The second-order valence-electron chi connectivity index (χ2n) is 1.82. The van der Waals surface area contributed by atoms with Gasteiger partial charge in [-0.1, -0.05) is 24.3 Å². The normalized spacial score (nSPS) is 9.89. The molecule has 0 N–H and O–H groups in total. The van der Waals surface area contributed by atoms with Crippen molar-refractivity contribution in [2.45, 2.75) is 13.3 Å². The Labute approximate surface area is 54.5 Å². The topological polar surface area (TPSA) is 40.1 Å². The third kappa shape index (κ3) is 6.95. The van der Waals surface area contributed by atoms with Gasteiger partial charge < -0.3 is 9.90 Å². The Morgan fingerprint density at radius 1 is 1.78 bits per heavy atom. The molecule has 0 fully saturated rings. The highest BCUT2D eigenvalue weighted by Gasteiger charge is 1.76. The molecule has 0 saturated heterocycles. The van der Waals surface area contributed by atoms with Crippen molar-refractivity contribution >= 4 is 5.97 Å². The molecule has 0 aliphatic carbocycles. The molecule has 0 saturated carbocycles. The zero-order valence-electron chi connectivity index (χ0n) is 5.39. The van der Waals surface area contributed by atoms with Crippen molar-refractivity contribution in [1.82, 2.24) is 0 Å². The summed E-state index contributed by atoms with van der Waals surface area (Å²) in [7, 11) is 0. The summed E-state index contributed by atoms with van der Waals surface area (Å²) in [5.41, 5.74) is 0.844. The van der Waals surface area contributed by atoms with Gasteiger partial charge in [-0.3, -0.25) is 0 Å². The zero-order chi connectivity index (χ0) is 7.28. The van der Waals surface area contributed by atoms with Crippen LogP contribution in [0.25, 0.3) is 0 Å². The molecule has 0 unspecified atom stereocenters. The zero-order valence-corrected chi connectivity index (χ0v) is 5.39. The van der Waals surface area contributed by atoms with Crippen LogP contribution in [0.15, 0.2) is 24.3 Å². The highest BCUT2D eigenvalue weighted by Crippen LogP contribution is 1.89. The first-order valence-corrected chi connectivity index (χ1v) is 2.65. The Morgan fingerprint density at radius 2 is 2.33 bits per heavy atom. The van der Waals surface area contributed by atoms with Crippen LogP contribution in [0, 0.1) is 0 Å². The number of carboxylic acid groups (broad SMARTS) is 1. The first kappa shape index (κ1) is 7.95. The van der Waals surface area contributed by atoms with Gasteiger partial charge in [-0.15, -0.1) is 0 Å². The van der Waals surface area contributed by atoms with Crippen molar-refractivity contribution in [1.29, 1.82) is 0 Å². The van der Waals surface area contributed by atoms with Crippen LogP contribution in [-0.2, 0) is 4.79 Å². The van der Waals surface area contributed by atoms with E-state index in [1.807, 2.05) is 0 Å². The fraction of sp³-hybridized carbons (Fsp3) is 0.286. The smallest absolute Gasteiger partial charge is 0.0452 e. The van der Waals surface area contributed by atoms with Crippen molar-refractivity contribution in [2.24, 2.45) is 0 Å². The molecule has 0 aliphatic heterocycles. The van der Waals surface area contributed by atoms with E-state index in [0.717, 1.165) is 5.57 Å². The molecule has 0 spiro atoms. The van der Waals surface area contributed by atoms with Crippen molar-refractivity contribution < 1.29 is 9.90 Å². The number of rotatable bonds is 3. The molecule has 0 atom stereocenters. The van der Waals surface area contributed by atoms with Crippen LogP contribution in [-0.4, -0.2) is 5.97 Å². The molecule has 2 nitrogen and oxygen atoms in total. The van der Waals surface area contributed by atoms with Gasteiger partial charge in [0.25, 0.3) is 0 Å². The lowest BCUT2D eigenvalue weighted by Gasteiger charge is -1.92. The standard InChI is InChI=1S/C7H10O2/c1-6(2)4-3-5-7(8)9/h3-4H,1,5H2,2H3,(H,8,9)/p-1/b4-3+. The van der Waals surface area contributed by atoms with E-state index in [9.17, 15) is 9.90 Å². The molecule has 0 heterocycles. The predicted octanol–water partition coefficient (Wildman–Crippen LogP) is 0.259. The fourth-order valence-corrected chi connectivity index (χ4v) is 0.356. The molecule has 0 aliphatic rings. The number of hydrogen-bond donors (Lipinski definition) is 0. The van der Waals surface area contributed by atoms with Gasteiger partial charge >= 0.3 is 0 Å². The SMILES string of the molecule is C=C(C)/C=C/CC(=O)[O-]. The van der Waals surface area contributed by atoms with Crippen LogP contribution in [0.1, 0.15) is 13.3 Å². The molecule has 0 aromatic heterocycles. The molecule has 50 valence electrons. The minimum Gasteiger partial charge on any atom is -0.550 e. The average Bonchev–Trinajstić information content (AvgIpc) is 1.63. The van der Waals surface area contributed by atoms with Crippen LogP contribution in [0.2, 0.25) is 0 Å². The van der Waals surface area contributed by atoms with Crippen LogP contribution < -0.4 is 5.11 Å². The summed E-state index contributed by atoms with van der Waals surface area (Å²) < 4.78 is 0. The molecule has 9 heavy (non-hydrogen) atoms. The summed E-state index contributed by atoms with van der Waals surface area (Å²) in [5, 5.41) is 9.79. The van der Waals surface area contributed by atoms with Gasteiger partial charge in [0, 0.05) is 12.4 Å². The monoisotopic (exact) mass is 125 g/mol. The van der Waals surface area contributed by atoms with E-state index in [-0.39, 0.29) is 6.42 Å². The maximum atomic E-state index is 9.79. The van der Waals surface area contributed by atoms with Crippen molar-refractivity contribution in [2.75, 3.05) is 0 Å². The van der Waals surface area contributed by atoms with E-state index < -0.39 is 5.97 Å². The minimum atomic E-state index is -1.06. The van der Waals surface area contributed by atoms with Crippen molar-refractivity contribution in [3.05, 3.63) is 24.3 Å². The molecule has 0 amide bonds. The first-order chi connectivity index (χ1) is 4.13. The van der Waals surface area contributed by atoms with Gasteiger partial charge in [-0.25, -0.2) is 0 Å². The van der Waals surface area contributed by atoms with E-state index in [2.05, 4.69) is 6.58 Å². The predicted molar refractivity (Wildman–Crippen MR) is 33.6 cm³/mol. The molecule has 2 heteroatoms. The summed E-state index contributed by atoms with van der Waals surface area (Å²) in [5.74, 6) is -1.06. The van der Waals surface area contributed by atoms with Crippen LogP contribution >= 0.6 is 0 Å². The molecular formula is C7H9O2-. The molecule has 0 rings (SSSR count). The molecule has 0 aromatic carbocycles. The lowest BCUT2D eigenvalue weighted by Crippen LogP contribution is -2.20. The third-order valence-electron chi connectivity index (χ3n) is 0.687. The number of carboxylic acids is 1. The second-order valence-corrected chi connectivity index (χ2v) is 1.82. The first-order valence-electron chi connectivity index (χ1n) is 2.65. The van der Waals surface area contributed by atoms with Crippen LogP contribution in [0.3, 0.4) is 0 Å². The van der Waals surface area contributed by atoms with Gasteiger partial charge in [0.15, 0.2) is 0 Å². The summed E-state index contributed by atoms with van der Waals surface area (Å²) >= 11 is 0. The van der Waals surface area contributed by atoms with Crippen molar-refractivity contribution in [3.8, 4) is 0 Å². The Hall–Kier alpha value is -1.05. The van der Waals surface area contributed by atoms with Gasteiger partial charge in [-0.2, -0.15) is 0 Å². The summed E-state index contributed by atoms with van der Waals surface area (Å²) in [6, 6.07) is 0. The van der Waals surface area contributed by atoms with E-state index in [0.29, 0.717) is 0 Å². The number of carbonyl (C=O) groups is 1. The van der Waals surface area contributed by atoms with Gasteiger partial charge in [0.1, 0.15) is 0 Å². The Morgan fingerprint density at radius 3 is 2.67 bits per heavy atom. The fourth-order valence-electron chi connectivity index (χ4n) is 0.356. The number of hydrogen-bond acceptors (Lipinski definition) is 2. The lowest BCUT2D eigenvalue weighted by atomic mass is 10.3. The maximum absolute atomic E-state index is 9.79. The summed E-state index contributed by atoms with van der Waals surface area (Å²) in [6.45, 7) is 5.35. The Kier molecular flexibility index (Phi) is 3.44. The quantitative estimate of drug-likeness (QED) is 0.507. The largest absolute Gasteiger partial charge is 0.550 e. The van der Waals surface area contributed by atoms with E-state index in [1.54, 1.807) is 13.0 Å². The highest BCUT2D eigenvalue weighted by molar-refractivity contribution is 5.66. The summed E-state index contributed by atoms with van der Waals surface area (Å²) in [6.07, 6.45) is 3.13. The maximum Gasteiger partial charge on any atom is 0.0452 e. The van der Waals surface area contributed by atoms with E-state index >= 15 is 0 Å². The average molecular weight is 125 g/mol. The highest BCUT2D eigenvalue weighted by atomic mass is 16.4. The lowest BCUT2D eigenvalue weighted by molar-refractivity contribution is -0.304. The third-order valence-corrected chi connectivity index (χ3v) is 0.687. The number of allylic oxidation sites excluding steroid dienone is 2. The van der Waals surface area contributed by atoms with Gasteiger partial charge in [0.2, 0.25) is 0 Å². The Bertz CT molecular complexity index is 145. The van der Waals surface area contributed by atoms with Crippen molar-refractivity contribution in [3.63, 3.8) is 0 Å². The molecule has 0 bridgehead atoms.